The summed E-state index contributed by atoms with van der Waals surface area (Å²) in [6.07, 6.45) is 4.00. The standard InChI is InChI=1S/C19H31N5O2.ClH/c1-13(2)16-10-17(23(3)22-16)19(26)24-9-5-6-14(12-24)11-21-18(25)15-7-4-8-20-15;/h10,13-15,20H,4-9,11-12H2,1-3H3,(H,21,25);1H. The van der Waals surface area contributed by atoms with Gasteiger partial charge in [0.2, 0.25) is 5.91 Å². The van der Waals surface area contributed by atoms with E-state index in [1.165, 1.54) is 0 Å². The van der Waals surface area contributed by atoms with Gasteiger partial charge in [0.1, 0.15) is 5.69 Å². The smallest absolute Gasteiger partial charge is 0.272 e. The largest absolute Gasteiger partial charge is 0.354 e. The molecule has 0 spiro atoms. The maximum Gasteiger partial charge on any atom is 0.272 e. The van der Waals surface area contributed by atoms with Crippen LogP contribution >= 0.6 is 12.4 Å². The fourth-order valence-electron chi connectivity index (χ4n) is 3.83. The Morgan fingerprint density at radius 3 is 2.74 bits per heavy atom. The van der Waals surface area contributed by atoms with Gasteiger partial charge in [0.15, 0.2) is 0 Å². The molecule has 27 heavy (non-hydrogen) atoms. The van der Waals surface area contributed by atoms with E-state index in [9.17, 15) is 9.59 Å². The number of hydrogen-bond acceptors (Lipinski definition) is 4. The van der Waals surface area contributed by atoms with Crippen LogP contribution < -0.4 is 10.6 Å². The fourth-order valence-corrected chi connectivity index (χ4v) is 3.83. The highest BCUT2D eigenvalue weighted by molar-refractivity contribution is 5.92. The minimum Gasteiger partial charge on any atom is -0.354 e. The first-order valence-corrected chi connectivity index (χ1v) is 9.80. The lowest BCUT2D eigenvalue weighted by molar-refractivity contribution is -0.123. The third-order valence-electron chi connectivity index (χ3n) is 5.46. The number of piperidine rings is 1. The molecule has 8 heteroatoms. The average Bonchev–Trinajstić information content (AvgIpc) is 3.29. The number of rotatable bonds is 5. The number of likely N-dealkylation sites (tertiary alicyclic amines) is 1. The molecule has 2 N–H and O–H groups in total. The van der Waals surface area contributed by atoms with Crippen molar-refractivity contribution in [2.75, 3.05) is 26.2 Å². The van der Waals surface area contributed by atoms with E-state index in [-0.39, 0.29) is 30.3 Å². The number of aromatic nitrogens is 2. The van der Waals surface area contributed by atoms with Gasteiger partial charge < -0.3 is 15.5 Å². The van der Waals surface area contributed by atoms with Gasteiger partial charge >= 0.3 is 0 Å². The van der Waals surface area contributed by atoms with Crippen molar-refractivity contribution in [1.29, 1.82) is 0 Å². The molecule has 3 rings (SSSR count). The van der Waals surface area contributed by atoms with Crippen LogP contribution in [-0.4, -0.2) is 58.7 Å². The van der Waals surface area contributed by atoms with Gasteiger partial charge in [-0.25, -0.2) is 0 Å². The Morgan fingerprint density at radius 1 is 1.33 bits per heavy atom. The summed E-state index contributed by atoms with van der Waals surface area (Å²) in [5.41, 5.74) is 1.59. The zero-order valence-corrected chi connectivity index (χ0v) is 17.3. The minimum atomic E-state index is -0.0415. The van der Waals surface area contributed by atoms with Crippen LogP contribution in [0.4, 0.5) is 0 Å². The van der Waals surface area contributed by atoms with Crippen molar-refractivity contribution in [2.24, 2.45) is 13.0 Å². The van der Waals surface area contributed by atoms with E-state index in [1.807, 2.05) is 18.0 Å². The number of amides is 2. The molecule has 0 aromatic carbocycles. The second-order valence-electron chi connectivity index (χ2n) is 7.89. The fraction of sp³-hybridized carbons (Fsp3) is 0.737. The first-order chi connectivity index (χ1) is 12.5. The summed E-state index contributed by atoms with van der Waals surface area (Å²) in [6, 6.07) is 1.87. The highest BCUT2D eigenvalue weighted by atomic mass is 35.5. The van der Waals surface area contributed by atoms with E-state index in [4.69, 9.17) is 0 Å². The van der Waals surface area contributed by atoms with Gasteiger partial charge in [0.25, 0.3) is 5.91 Å². The van der Waals surface area contributed by atoms with E-state index in [2.05, 4.69) is 29.6 Å². The van der Waals surface area contributed by atoms with Crippen molar-refractivity contribution in [2.45, 2.75) is 51.5 Å². The van der Waals surface area contributed by atoms with Gasteiger partial charge in [0, 0.05) is 26.7 Å². The summed E-state index contributed by atoms with van der Waals surface area (Å²) >= 11 is 0. The topological polar surface area (TPSA) is 79.3 Å². The van der Waals surface area contributed by atoms with Gasteiger partial charge in [-0.3, -0.25) is 14.3 Å². The second-order valence-corrected chi connectivity index (χ2v) is 7.89. The number of carbonyl (C=O) groups excluding carboxylic acids is 2. The monoisotopic (exact) mass is 397 g/mol. The van der Waals surface area contributed by atoms with Crippen LogP contribution in [0.2, 0.25) is 0 Å². The first kappa shape index (κ1) is 21.7. The highest BCUT2D eigenvalue weighted by Crippen LogP contribution is 2.20. The molecule has 2 saturated heterocycles. The lowest BCUT2D eigenvalue weighted by Crippen LogP contribution is -2.47. The van der Waals surface area contributed by atoms with E-state index in [1.54, 1.807) is 4.68 Å². The van der Waals surface area contributed by atoms with E-state index in [0.29, 0.717) is 30.6 Å². The summed E-state index contributed by atoms with van der Waals surface area (Å²) in [6.45, 7) is 7.19. The van der Waals surface area contributed by atoms with Crippen molar-refractivity contribution in [3.05, 3.63) is 17.5 Å². The SMILES string of the molecule is CC(C)c1cc(C(=O)N2CCCC(CNC(=O)C3CCCN3)C2)n(C)n1.Cl. The average molecular weight is 398 g/mol. The maximum absolute atomic E-state index is 12.9. The van der Waals surface area contributed by atoms with Crippen molar-refractivity contribution >= 4 is 24.2 Å². The van der Waals surface area contributed by atoms with Crippen LogP contribution in [0.1, 0.15) is 61.6 Å². The Kier molecular flexibility index (Phi) is 7.68. The summed E-state index contributed by atoms with van der Waals surface area (Å²) < 4.78 is 1.69. The third kappa shape index (κ3) is 5.23. The van der Waals surface area contributed by atoms with E-state index in [0.717, 1.165) is 44.5 Å². The normalized spacial score (nSPS) is 22.6. The molecule has 0 radical (unpaired) electrons. The molecule has 7 nitrogen and oxygen atoms in total. The first-order valence-electron chi connectivity index (χ1n) is 9.80. The van der Waals surface area contributed by atoms with Crippen LogP contribution in [0.3, 0.4) is 0 Å². The van der Waals surface area contributed by atoms with Gasteiger partial charge in [-0.2, -0.15) is 5.10 Å². The highest BCUT2D eigenvalue weighted by Gasteiger charge is 2.28. The van der Waals surface area contributed by atoms with Gasteiger partial charge in [0.05, 0.1) is 11.7 Å². The third-order valence-corrected chi connectivity index (χ3v) is 5.46. The molecule has 1 aromatic rings. The van der Waals surface area contributed by atoms with Crippen LogP contribution in [0.5, 0.6) is 0 Å². The molecule has 1 aromatic heterocycles. The number of hydrogen-bond donors (Lipinski definition) is 2. The molecule has 0 aliphatic carbocycles. The quantitative estimate of drug-likeness (QED) is 0.792. The molecule has 2 aliphatic heterocycles. The predicted octanol–water partition coefficient (Wildman–Crippen LogP) is 1.69. The summed E-state index contributed by atoms with van der Waals surface area (Å²) in [4.78, 5) is 27.0. The molecule has 3 heterocycles. The summed E-state index contributed by atoms with van der Waals surface area (Å²) in [7, 11) is 1.83. The maximum atomic E-state index is 12.9. The van der Waals surface area contributed by atoms with Crippen molar-refractivity contribution in [3.63, 3.8) is 0 Å². The van der Waals surface area contributed by atoms with Crippen LogP contribution in [0.15, 0.2) is 6.07 Å². The van der Waals surface area contributed by atoms with E-state index < -0.39 is 0 Å². The Balaban J connectivity index is 0.00000261. The summed E-state index contributed by atoms with van der Waals surface area (Å²) in [5.74, 6) is 0.756. The summed E-state index contributed by atoms with van der Waals surface area (Å²) in [5, 5.41) is 10.7. The minimum absolute atomic E-state index is 0. The molecular formula is C19H32ClN5O2. The zero-order valence-electron chi connectivity index (χ0n) is 16.5. The Labute approximate surface area is 167 Å². The van der Waals surface area contributed by atoms with Gasteiger partial charge in [-0.1, -0.05) is 13.8 Å². The molecule has 0 bridgehead atoms. The molecule has 2 aliphatic rings. The molecule has 2 amide bonds. The van der Waals surface area contributed by atoms with Crippen LogP contribution in [0.25, 0.3) is 0 Å². The molecule has 0 saturated carbocycles. The lowest BCUT2D eigenvalue weighted by Gasteiger charge is -2.33. The van der Waals surface area contributed by atoms with E-state index >= 15 is 0 Å². The van der Waals surface area contributed by atoms with Crippen molar-refractivity contribution in [3.8, 4) is 0 Å². The Morgan fingerprint density at radius 2 is 2.11 bits per heavy atom. The molecule has 2 unspecified atom stereocenters. The number of carbonyl (C=O) groups is 2. The lowest BCUT2D eigenvalue weighted by atomic mass is 9.97. The predicted molar refractivity (Wildman–Crippen MR) is 107 cm³/mol. The van der Waals surface area contributed by atoms with Crippen LogP contribution in [0, 0.1) is 5.92 Å². The zero-order chi connectivity index (χ0) is 18.7. The van der Waals surface area contributed by atoms with Gasteiger partial charge in [-0.05, 0) is 50.1 Å². The van der Waals surface area contributed by atoms with Crippen molar-refractivity contribution in [1.82, 2.24) is 25.3 Å². The Hall–Kier alpha value is -1.60. The number of nitrogens with zero attached hydrogens (tertiary/aromatic N) is 3. The number of nitrogens with one attached hydrogen (secondary N) is 2. The second kappa shape index (κ2) is 9.55. The van der Waals surface area contributed by atoms with Gasteiger partial charge in [-0.15, -0.1) is 12.4 Å². The molecular weight excluding hydrogens is 366 g/mol. The molecule has 2 fully saturated rings. The Bertz CT molecular complexity index is 655. The number of aryl methyl sites for hydroxylation is 1. The molecule has 2 atom stereocenters. The van der Waals surface area contributed by atoms with Crippen molar-refractivity contribution < 1.29 is 9.59 Å². The number of halogens is 1. The van der Waals surface area contributed by atoms with Crippen LogP contribution in [-0.2, 0) is 11.8 Å². The molecule has 152 valence electrons.